The van der Waals surface area contributed by atoms with Crippen LogP contribution in [0.2, 0.25) is 0 Å². The van der Waals surface area contributed by atoms with E-state index in [0.29, 0.717) is 0 Å². The van der Waals surface area contributed by atoms with Crippen LogP contribution in [-0.2, 0) is 14.6 Å². The number of aliphatic carboxylic acids is 1. The summed E-state index contributed by atoms with van der Waals surface area (Å²) >= 11 is 0. The Morgan fingerprint density at radius 2 is 2.00 bits per heavy atom. The van der Waals surface area contributed by atoms with Gasteiger partial charge in [-0.15, -0.1) is 0 Å². The number of carboxylic acids is 1. The van der Waals surface area contributed by atoms with Crippen molar-refractivity contribution >= 4 is 15.8 Å². The summed E-state index contributed by atoms with van der Waals surface area (Å²) < 4.78 is 46.4. The van der Waals surface area contributed by atoms with E-state index >= 15 is 0 Å². The molecule has 0 bridgehead atoms. The number of hydrogen-bond donors (Lipinski definition) is 1. The van der Waals surface area contributed by atoms with Crippen molar-refractivity contribution in [2.45, 2.75) is 5.92 Å². The highest BCUT2D eigenvalue weighted by Gasteiger charge is 2.55. The molecule has 1 rings (SSSR count). The molecule has 0 radical (unpaired) electrons. The molecule has 7 heteroatoms. The molecular weight excluding hydrogens is 194 g/mol. The van der Waals surface area contributed by atoms with Crippen LogP contribution in [0.1, 0.15) is 0 Å². The first-order valence-corrected chi connectivity index (χ1v) is 4.88. The predicted octanol–water partition coefficient (Wildman–Crippen LogP) is -0.249. The molecule has 1 fully saturated rings. The fraction of sp³-hybridized carbons (Fsp3) is 0.800. The van der Waals surface area contributed by atoms with Gasteiger partial charge in [0.05, 0.1) is 5.75 Å². The van der Waals surface area contributed by atoms with Crippen molar-refractivity contribution in [2.24, 2.45) is 5.92 Å². The van der Waals surface area contributed by atoms with Crippen LogP contribution in [0, 0.1) is 5.92 Å². The summed E-state index contributed by atoms with van der Waals surface area (Å²) in [5.41, 5.74) is 0. The minimum atomic E-state index is -3.88. The Morgan fingerprint density at radius 1 is 1.50 bits per heavy atom. The standard InChI is InChI=1S/C5H6F2O4S/c6-5(7)2-12(10,11)1-3(5)4(8)9/h3H,1-2H2,(H,8,9). The second-order valence-corrected chi connectivity index (χ2v) is 4.82. The molecule has 0 aliphatic carbocycles. The minimum Gasteiger partial charge on any atom is -0.481 e. The van der Waals surface area contributed by atoms with Gasteiger partial charge in [0.15, 0.2) is 9.84 Å². The van der Waals surface area contributed by atoms with Gasteiger partial charge < -0.3 is 5.11 Å². The van der Waals surface area contributed by atoms with Crippen molar-refractivity contribution in [1.82, 2.24) is 0 Å². The molecule has 1 unspecified atom stereocenters. The number of carbonyl (C=O) groups is 1. The maximum absolute atomic E-state index is 12.6. The van der Waals surface area contributed by atoms with Gasteiger partial charge in [-0.1, -0.05) is 0 Å². The molecular formula is C5H6F2O4S. The lowest BCUT2D eigenvalue weighted by molar-refractivity contribution is -0.151. The maximum atomic E-state index is 12.6. The van der Waals surface area contributed by atoms with E-state index in [9.17, 15) is 22.0 Å². The van der Waals surface area contributed by atoms with Crippen molar-refractivity contribution in [3.63, 3.8) is 0 Å². The molecule has 0 aromatic rings. The predicted molar refractivity (Wildman–Crippen MR) is 34.7 cm³/mol. The SMILES string of the molecule is O=C(O)C1CS(=O)(=O)CC1(F)F. The minimum absolute atomic E-state index is 0.963. The highest BCUT2D eigenvalue weighted by atomic mass is 32.2. The Kier molecular flexibility index (Phi) is 1.86. The monoisotopic (exact) mass is 200 g/mol. The van der Waals surface area contributed by atoms with E-state index in [0.717, 1.165) is 0 Å². The van der Waals surface area contributed by atoms with Gasteiger partial charge in [0.2, 0.25) is 0 Å². The van der Waals surface area contributed by atoms with Crippen LogP contribution in [-0.4, -0.2) is 36.9 Å². The largest absolute Gasteiger partial charge is 0.481 e. The molecule has 12 heavy (non-hydrogen) atoms. The molecule has 0 saturated carbocycles. The van der Waals surface area contributed by atoms with E-state index in [1.54, 1.807) is 0 Å². The summed E-state index contributed by atoms with van der Waals surface area (Å²) in [6.07, 6.45) is 0. The van der Waals surface area contributed by atoms with Gasteiger partial charge in [0.25, 0.3) is 5.92 Å². The molecule has 1 atom stereocenters. The zero-order chi connectivity index (χ0) is 9.57. The van der Waals surface area contributed by atoms with Crippen molar-refractivity contribution in [3.05, 3.63) is 0 Å². The average molecular weight is 200 g/mol. The maximum Gasteiger partial charge on any atom is 0.313 e. The lowest BCUT2D eigenvalue weighted by Gasteiger charge is -2.11. The highest BCUT2D eigenvalue weighted by molar-refractivity contribution is 7.91. The van der Waals surface area contributed by atoms with E-state index in [2.05, 4.69) is 0 Å². The lowest BCUT2D eigenvalue weighted by atomic mass is 10.1. The first kappa shape index (κ1) is 9.37. The third kappa shape index (κ3) is 1.55. The van der Waals surface area contributed by atoms with E-state index < -0.39 is 39.2 Å². The van der Waals surface area contributed by atoms with Gasteiger partial charge in [-0.25, -0.2) is 17.2 Å². The number of carboxylic acid groups (broad SMARTS) is 1. The quantitative estimate of drug-likeness (QED) is 0.633. The molecule has 0 spiro atoms. The van der Waals surface area contributed by atoms with Crippen LogP contribution in [0.5, 0.6) is 0 Å². The summed E-state index contributed by atoms with van der Waals surface area (Å²) in [7, 11) is -3.88. The van der Waals surface area contributed by atoms with Gasteiger partial charge in [0, 0.05) is 0 Å². The van der Waals surface area contributed by atoms with E-state index in [1.165, 1.54) is 0 Å². The second kappa shape index (κ2) is 2.38. The molecule has 1 aliphatic heterocycles. The van der Waals surface area contributed by atoms with E-state index in [4.69, 9.17) is 5.11 Å². The van der Waals surface area contributed by atoms with Crippen molar-refractivity contribution < 1.29 is 27.1 Å². The first-order valence-electron chi connectivity index (χ1n) is 3.06. The van der Waals surface area contributed by atoms with E-state index in [1.807, 2.05) is 0 Å². The fourth-order valence-corrected chi connectivity index (χ4v) is 2.88. The summed E-state index contributed by atoms with van der Waals surface area (Å²) in [4.78, 5) is 10.2. The molecule has 0 aromatic heterocycles. The molecule has 0 aromatic carbocycles. The normalized spacial score (nSPS) is 31.7. The third-order valence-corrected chi connectivity index (χ3v) is 3.31. The first-order chi connectivity index (χ1) is 5.25. The van der Waals surface area contributed by atoms with Crippen LogP contribution in [0.25, 0.3) is 0 Å². The Balaban J connectivity index is 3.00. The zero-order valence-electron chi connectivity index (χ0n) is 5.83. The van der Waals surface area contributed by atoms with Crippen LogP contribution >= 0.6 is 0 Å². The van der Waals surface area contributed by atoms with Crippen molar-refractivity contribution in [2.75, 3.05) is 11.5 Å². The van der Waals surface area contributed by atoms with Crippen molar-refractivity contribution in [3.8, 4) is 0 Å². The third-order valence-electron chi connectivity index (χ3n) is 1.64. The summed E-state index contributed by atoms with van der Waals surface area (Å²) in [5.74, 6) is -9.78. The van der Waals surface area contributed by atoms with Gasteiger partial charge in [-0.3, -0.25) is 4.79 Å². The fourth-order valence-electron chi connectivity index (χ4n) is 1.08. The molecule has 0 amide bonds. The topological polar surface area (TPSA) is 71.4 Å². The van der Waals surface area contributed by atoms with Gasteiger partial charge in [-0.2, -0.15) is 0 Å². The van der Waals surface area contributed by atoms with Crippen LogP contribution in [0.3, 0.4) is 0 Å². The smallest absolute Gasteiger partial charge is 0.313 e. The molecule has 1 N–H and O–H groups in total. The molecule has 1 aliphatic rings. The van der Waals surface area contributed by atoms with Crippen LogP contribution < -0.4 is 0 Å². The Labute approximate surface area is 67.1 Å². The summed E-state index contributed by atoms with van der Waals surface area (Å²) in [6, 6.07) is 0. The molecule has 4 nitrogen and oxygen atoms in total. The number of rotatable bonds is 1. The highest BCUT2D eigenvalue weighted by Crippen LogP contribution is 2.34. The molecule has 70 valence electrons. The molecule has 1 heterocycles. The second-order valence-electron chi connectivity index (χ2n) is 2.71. The summed E-state index contributed by atoms with van der Waals surface area (Å²) in [6.45, 7) is 0. The zero-order valence-corrected chi connectivity index (χ0v) is 6.64. The van der Waals surface area contributed by atoms with Crippen LogP contribution in [0.15, 0.2) is 0 Å². The Hall–Kier alpha value is -0.720. The van der Waals surface area contributed by atoms with Gasteiger partial charge in [-0.05, 0) is 0 Å². The summed E-state index contributed by atoms with van der Waals surface area (Å²) in [5, 5.41) is 8.24. The number of sulfone groups is 1. The number of halogens is 2. The van der Waals surface area contributed by atoms with Crippen molar-refractivity contribution in [1.29, 1.82) is 0 Å². The average Bonchev–Trinajstić information content (AvgIpc) is 1.99. The lowest BCUT2D eigenvalue weighted by Crippen LogP contribution is -2.32. The number of hydrogen-bond acceptors (Lipinski definition) is 3. The van der Waals surface area contributed by atoms with Gasteiger partial charge in [0.1, 0.15) is 11.7 Å². The van der Waals surface area contributed by atoms with Gasteiger partial charge >= 0.3 is 5.97 Å². The Morgan fingerprint density at radius 3 is 2.17 bits per heavy atom. The van der Waals surface area contributed by atoms with Crippen LogP contribution in [0.4, 0.5) is 8.78 Å². The Bertz CT molecular complexity index is 307. The van der Waals surface area contributed by atoms with E-state index in [-0.39, 0.29) is 0 Å². The number of alkyl halides is 2. The molecule has 1 saturated heterocycles.